The van der Waals surface area contributed by atoms with Gasteiger partial charge in [0.15, 0.2) is 11.5 Å². The lowest BCUT2D eigenvalue weighted by Gasteiger charge is -2.07. The molecule has 3 heterocycles. The van der Waals surface area contributed by atoms with Crippen molar-refractivity contribution in [2.45, 2.75) is 13.3 Å². The van der Waals surface area contributed by atoms with Gasteiger partial charge in [0.25, 0.3) is 5.89 Å². The monoisotopic (exact) mass is 320 g/mol. The average molecular weight is 320 g/mol. The van der Waals surface area contributed by atoms with E-state index in [1.54, 1.807) is 10.7 Å². The highest BCUT2D eigenvalue weighted by atomic mass is 16.5. The van der Waals surface area contributed by atoms with Crippen molar-refractivity contribution in [2.24, 2.45) is 0 Å². The third-order valence-corrected chi connectivity index (χ3v) is 3.63. The zero-order chi connectivity index (χ0) is 16.4. The predicted octanol–water partition coefficient (Wildman–Crippen LogP) is 2.74. The summed E-state index contributed by atoms with van der Waals surface area (Å²) in [5.74, 6) is 2.11. The Morgan fingerprint density at radius 1 is 1.12 bits per heavy atom. The Labute approximate surface area is 138 Å². The van der Waals surface area contributed by atoms with Gasteiger partial charge in [0.05, 0.1) is 6.20 Å². The standard InChI is InChI=1S/C17H16N6O/c1-12-11-16(23-15(20-12)8-10-19-23)18-9-7-14-21-17(24-22-14)13-5-3-2-4-6-13/h2-6,8,10-11,18H,7,9H2,1H3. The molecule has 7 heteroatoms. The van der Waals surface area contributed by atoms with Crippen molar-refractivity contribution in [2.75, 3.05) is 11.9 Å². The maximum atomic E-state index is 5.31. The number of aryl methyl sites for hydroxylation is 1. The lowest BCUT2D eigenvalue weighted by Crippen LogP contribution is -2.10. The van der Waals surface area contributed by atoms with E-state index < -0.39 is 0 Å². The smallest absolute Gasteiger partial charge is 0.257 e. The van der Waals surface area contributed by atoms with E-state index in [4.69, 9.17) is 4.52 Å². The summed E-state index contributed by atoms with van der Waals surface area (Å²) >= 11 is 0. The van der Waals surface area contributed by atoms with Gasteiger partial charge in [-0.2, -0.15) is 14.6 Å². The lowest BCUT2D eigenvalue weighted by molar-refractivity contribution is 0.423. The molecule has 0 atom stereocenters. The zero-order valence-electron chi connectivity index (χ0n) is 13.2. The Morgan fingerprint density at radius 3 is 2.88 bits per heavy atom. The first kappa shape index (κ1) is 14.4. The van der Waals surface area contributed by atoms with Crippen LogP contribution in [0, 0.1) is 6.92 Å². The molecule has 0 fully saturated rings. The fourth-order valence-corrected chi connectivity index (χ4v) is 2.52. The fraction of sp³-hybridized carbons (Fsp3) is 0.176. The molecule has 0 amide bonds. The molecule has 0 saturated carbocycles. The summed E-state index contributed by atoms with van der Waals surface area (Å²) in [6.07, 6.45) is 2.39. The van der Waals surface area contributed by atoms with E-state index in [1.165, 1.54) is 0 Å². The number of nitrogens with one attached hydrogen (secondary N) is 1. The van der Waals surface area contributed by atoms with E-state index in [1.807, 2.05) is 49.4 Å². The van der Waals surface area contributed by atoms with Crippen molar-refractivity contribution in [1.82, 2.24) is 24.7 Å². The molecule has 0 bridgehead atoms. The van der Waals surface area contributed by atoms with Crippen LogP contribution in [-0.2, 0) is 6.42 Å². The number of benzene rings is 1. The summed E-state index contributed by atoms with van der Waals surface area (Å²) in [7, 11) is 0. The van der Waals surface area contributed by atoms with Crippen LogP contribution in [0.5, 0.6) is 0 Å². The second-order valence-corrected chi connectivity index (χ2v) is 5.44. The van der Waals surface area contributed by atoms with E-state index in [2.05, 4.69) is 25.5 Å². The number of anilines is 1. The predicted molar refractivity (Wildman–Crippen MR) is 89.7 cm³/mol. The SMILES string of the molecule is Cc1cc(NCCc2noc(-c3ccccc3)n2)n2nccc2n1. The van der Waals surface area contributed by atoms with Gasteiger partial charge in [-0.1, -0.05) is 23.4 Å². The summed E-state index contributed by atoms with van der Waals surface area (Å²) in [5, 5.41) is 11.7. The molecule has 0 spiro atoms. The summed E-state index contributed by atoms with van der Waals surface area (Å²) in [6.45, 7) is 2.63. The maximum Gasteiger partial charge on any atom is 0.257 e. The first-order valence-corrected chi connectivity index (χ1v) is 7.73. The number of hydrogen-bond acceptors (Lipinski definition) is 6. The molecule has 3 aromatic heterocycles. The molecule has 0 aliphatic carbocycles. The van der Waals surface area contributed by atoms with Crippen molar-refractivity contribution in [1.29, 1.82) is 0 Å². The van der Waals surface area contributed by atoms with E-state index in [9.17, 15) is 0 Å². The second kappa shape index (κ2) is 6.11. The Bertz CT molecular complexity index is 960. The quantitative estimate of drug-likeness (QED) is 0.609. The summed E-state index contributed by atoms with van der Waals surface area (Å²) in [4.78, 5) is 8.85. The molecule has 7 nitrogen and oxygen atoms in total. The third-order valence-electron chi connectivity index (χ3n) is 3.63. The first-order valence-electron chi connectivity index (χ1n) is 7.73. The summed E-state index contributed by atoms with van der Waals surface area (Å²) < 4.78 is 7.09. The van der Waals surface area contributed by atoms with Crippen LogP contribution in [-0.4, -0.2) is 31.3 Å². The van der Waals surface area contributed by atoms with Gasteiger partial charge in [0.2, 0.25) is 0 Å². The number of aromatic nitrogens is 5. The van der Waals surface area contributed by atoms with Gasteiger partial charge in [0, 0.05) is 36.4 Å². The molecular weight excluding hydrogens is 304 g/mol. The van der Waals surface area contributed by atoms with Crippen LogP contribution in [0.15, 0.2) is 53.2 Å². The topological polar surface area (TPSA) is 81.1 Å². The van der Waals surface area contributed by atoms with Gasteiger partial charge < -0.3 is 9.84 Å². The minimum Gasteiger partial charge on any atom is -0.369 e. The van der Waals surface area contributed by atoms with Crippen LogP contribution in [0.3, 0.4) is 0 Å². The minimum absolute atomic E-state index is 0.542. The molecule has 0 saturated heterocycles. The van der Waals surface area contributed by atoms with Crippen LogP contribution >= 0.6 is 0 Å². The van der Waals surface area contributed by atoms with Crippen LogP contribution in [0.25, 0.3) is 17.1 Å². The Hall–Kier alpha value is -3.22. The molecule has 24 heavy (non-hydrogen) atoms. The van der Waals surface area contributed by atoms with Crippen LogP contribution in [0.1, 0.15) is 11.5 Å². The Balaban J connectivity index is 1.44. The van der Waals surface area contributed by atoms with Gasteiger partial charge in [-0.3, -0.25) is 0 Å². The van der Waals surface area contributed by atoms with Crippen molar-refractivity contribution in [3.63, 3.8) is 0 Å². The highest BCUT2D eigenvalue weighted by Gasteiger charge is 2.09. The highest BCUT2D eigenvalue weighted by molar-refractivity contribution is 5.52. The second-order valence-electron chi connectivity index (χ2n) is 5.44. The van der Waals surface area contributed by atoms with Crippen LogP contribution in [0.4, 0.5) is 5.82 Å². The largest absolute Gasteiger partial charge is 0.369 e. The normalized spacial score (nSPS) is 11.0. The van der Waals surface area contributed by atoms with Crippen LogP contribution < -0.4 is 5.32 Å². The highest BCUT2D eigenvalue weighted by Crippen LogP contribution is 2.16. The Morgan fingerprint density at radius 2 is 2.00 bits per heavy atom. The molecule has 4 aromatic rings. The Kier molecular flexibility index (Phi) is 3.66. The molecular formula is C17H16N6O. The third kappa shape index (κ3) is 2.83. The summed E-state index contributed by atoms with van der Waals surface area (Å²) in [5.41, 5.74) is 2.69. The van der Waals surface area contributed by atoms with E-state index in [-0.39, 0.29) is 0 Å². The van der Waals surface area contributed by atoms with Gasteiger partial charge >= 0.3 is 0 Å². The zero-order valence-corrected chi connectivity index (χ0v) is 13.2. The molecule has 1 N–H and O–H groups in total. The molecule has 0 radical (unpaired) electrons. The van der Waals surface area contributed by atoms with Crippen molar-refractivity contribution < 1.29 is 4.52 Å². The van der Waals surface area contributed by atoms with Gasteiger partial charge in [-0.05, 0) is 19.1 Å². The van der Waals surface area contributed by atoms with Gasteiger partial charge in [-0.25, -0.2) is 4.98 Å². The molecule has 4 rings (SSSR count). The number of fused-ring (bicyclic) bond motifs is 1. The molecule has 0 aliphatic rings. The molecule has 0 unspecified atom stereocenters. The first-order chi connectivity index (χ1) is 11.8. The lowest BCUT2D eigenvalue weighted by atomic mass is 10.2. The summed E-state index contributed by atoms with van der Waals surface area (Å²) in [6, 6.07) is 13.6. The number of hydrogen-bond donors (Lipinski definition) is 1. The fourth-order valence-electron chi connectivity index (χ4n) is 2.52. The van der Waals surface area contributed by atoms with E-state index >= 15 is 0 Å². The number of nitrogens with zero attached hydrogens (tertiary/aromatic N) is 5. The maximum absolute atomic E-state index is 5.31. The number of rotatable bonds is 5. The molecule has 120 valence electrons. The minimum atomic E-state index is 0.542. The van der Waals surface area contributed by atoms with Gasteiger partial charge in [-0.15, -0.1) is 0 Å². The van der Waals surface area contributed by atoms with Crippen LogP contribution in [0.2, 0.25) is 0 Å². The van der Waals surface area contributed by atoms with Crippen molar-refractivity contribution in [3.8, 4) is 11.5 Å². The van der Waals surface area contributed by atoms with Crippen molar-refractivity contribution in [3.05, 3.63) is 60.2 Å². The average Bonchev–Trinajstić information content (AvgIpc) is 3.25. The molecule has 0 aliphatic heterocycles. The van der Waals surface area contributed by atoms with Crippen molar-refractivity contribution >= 4 is 11.5 Å². The van der Waals surface area contributed by atoms with Gasteiger partial charge in [0.1, 0.15) is 5.82 Å². The van der Waals surface area contributed by atoms with E-state index in [0.29, 0.717) is 24.7 Å². The van der Waals surface area contributed by atoms with E-state index in [0.717, 1.165) is 22.7 Å². The molecule has 1 aromatic carbocycles.